The van der Waals surface area contributed by atoms with E-state index in [1.165, 1.54) is 11.1 Å². The Hall–Kier alpha value is -1.24. The van der Waals surface area contributed by atoms with Crippen LogP contribution in [0.1, 0.15) is 25.0 Å². The molecule has 1 aromatic rings. The van der Waals surface area contributed by atoms with Crippen LogP contribution in [0.25, 0.3) is 12.8 Å². The summed E-state index contributed by atoms with van der Waals surface area (Å²) in [4.78, 5) is 0. The van der Waals surface area contributed by atoms with Crippen molar-refractivity contribution in [2.24, 2.45) is 5.73 Å². The first-order valence-corrected chi connectivity index (χ1v) is 4.63. The molecule has 0 saturated heterocycles. The number of aryl methyl sites for hydroxylation is 2. The Balaban J connectivity index is 0.000000671. The molecule has 1 rings (SSSR count). The van der Waals surface area contributed by atoms with E-state index in [2.05, 4.69) is 26.5 Å². The minimum absolute atomic E-state index is 0.996. The minimum Gasteiger partial charge on any atom is -0.404 e. The number of hydrogen-bond acceptors (Lipinski definition) is 1. The predicted molar refractivity (Wildman–Crippen MR) is 60.7 cm³/mol. The summed E-state index contributed by atoms with van der Waals surface area (Å²) < 4.78 is 0. The van der Waals surface area contributed by atoms with Crippen LogP contribution in [-0.2, 0) is 0 Å². The first kappa shape index (κ1) is 11.8. The van der Waals surface area contributed by atoms with Gasteiger partial charge in [0.1, 0.15) is 0 Å². The Morgan fingerprint density at radius 1 is 1.15 bits per heavy atom. The van der Waals surface area contributed by atoms with Gasteiger partial charge in [0.05, 0.1) is 0 Å². The molecular formula is C12H19N. The van der Waals surface area contributed by atoms with Crippen molar-refractivity contribution in [1.82, 2.24) is 0 Å². The van der Waals surface area contributed by atoms with Crippen LogP contribution in [0, 0.1) is 13.8 Å². The van der Waals surface area contributed by atoms with Gasteiger partial charge in [-0.15, -0.1) is 0 Å². The highest BCUT2D eigenvalue weighted by molar-refractivity contribution is 5.32. The number of hydrogen-bond donors (Lipinski definition) is 1. The van der Waals surface area contributed by atoms with Crippen LogP contribution in [0.15, 0.2) is 12.1 Å². The van der Waals surface area contributed by atoms with Gasteiger partial charge in [-0.2, -0.15) is 0 Å². The van der Waals surface area contributed by atoms with Crippen molar-refractivity contribution in [1.29, 1.82) is 0 Å². The van der Waals surface area contributed by atoms with Gasteiger partial charge in [0.25, 0.3) is 0 Å². The minimum atomic E-state index is 0.996. The Morgan fingerprint density at radius 3 is 2.08 bits per heavy atom. The monoisotopic (exact) mass is 177 g/mol. The van der Waals surface area contributed by atoms with Crippen molar-refractivity contribution in [3.63, 3.8) is 0 Å². The molecule has 0 atom stereocenters. The van der Waals surface area contributed by atoms with Crippen molar-refractivity contribution in [2.75, 3.05) is 0 Å². The molecule has 0 radical (unpaired) electrons. The van der Waals surface area contributed by atoms with Crippen LogP contribution in [0.4, 0.5) is 0 Å². The fourth-order valence-corrected chi connectivity index (χ4v) is 1.05. The molecule has 0 heterocycles. The van der Waals surface area contributed by atoms with Gasteiger partial charge in [0.2, 0.25) is 0 Å². The molecule has 1 aromatic carbocycles. The predicted octanol–water partition coefficient (Wildman–Crippen LogP) is 1.44. The molecule has 2 N–H and O–H groups in total. The molecule has 0 bridgehead atoms. The molecule has 0 saturated carbocycles. The summed E-state index contributed by atoms with van der Waals surface area (Å²) >= 11 is 0. The second kappa shape index (κ2) is 5.41. The summed E-state index contributed by atoms with van der Waals surface area (Å²) in [7, 11) is 0. The van der Waals surface area contributed by atoms with Gasteiger partial charge in [-0.3, -0.25) is 0 Å². The Bertz CT molecular complexity index is 363. The molecule has 0 spiro atoms. The lowest BCUT2D eigenvalue weighted by Crippen LogP contribution is -2.25. The van der Waals surface area contributed by atoms with Crippen LogP contribution in [0.5, 0.6) is 0 Å². The van der Waals surface area contributed by atoms with Gasteiger partial charge in [0.15, 0.2) is 0 Å². The third-order valence-corrected chi connectivity index (χ3v) is 1.94. The van der Waals surface area contributed by atoms with Gasteiger partial charge < -0.3 is 5.73 Å². The van der Waals surface area contributed by atoms with Gasteiger partial charge in [-0.25, -0.2) is 0 Å². The zero-order valence-electron chi connectivity index (χ0n) is 9.02. The van der Waals surface area contributed by atoms with Crippen LogP contribution in [0.2, 0.25) is 0 Å². The maximum Gasteiger partial charge on any atom is 0.00174 e. The Kier molecular flexibility index (Phi) is 4.90. The fraction of sp³-hybridized carbons (Fsp3) is 0.333. The van der Waals surface area contributed by atoms with Gasteiger partial charge >= 0.3 is 0 Å². The third kappa shape index (κ3) is 2.94. The lowest BCUT2D eigenvalue weighted by atomic mass is 10.1. The molecule has 0 aromatic heterocycles. The van der Waals surface area contributed by atoms with Crippen LogP contribution in [0.3, 0.4) is 0 Å². The highest BCUT2D eigenvalue weighted by atomic mass is 14.5. The summed E-state index contributed by atoms with van der Waals surface area (Å²) in [5.41, 5.74) is 7.93. The van der Waals surface area contributed by atoms with Crippen molar-refractivity contribution in [3.8, 4) is 0 Å². The highest BCUT2D eigenvalue weighted by Crippen LogP contribution is 1.97. The summed E-state index contributed by atoms with van der Waals surface area (Å²) in [6, 6.07) is 4.10. The lowest BCUT2D eigenvalue weighted by molar-refractivity contribution is 1.30. The third-order valence-electron chi connectivity index (χ3n) is 1.94. The van der Waals surface area contributed by atoms with E-state index in [0.717, 1.165) is 10.4 Å². The Morgan fingerprint density at radius 2 is 1.62 bits per heavy atom. The van der Waals surface area contributed by atoms with E-state index in [1.807, 2.05) is 19.9 Å². The second-order valence-electron chi connectivity index (χ2n) is 2.80. The van der Waals surface area contributed by atoms with Crippen molar-refractivity contribution in [3.05, 3.63) is 33.7 Å². The molecule has 0 aliphatic carbocycles. The molecule has 1 heteroatoms. The van der Waals surface area contributed by atoms with E-state index in [-0.39, 0.29) is 0 Å². The number of benzene rings is 1. The molecule has 13 heavy (non-hydrogen) atoms. The quantitative estimate of drug-likeness (QED) is 0.637. The molecule has 1 nitrogen and oxygen atoms in total. The zero-order chi connectivity index (χ0) is 10.4. The van der Waals surface area contributed by atoms with Gasteiger partial charge in [-0.05, 0) is 41.5 Å². The average molecular weight is 177 g/mol. The molecular weight excluding hydrogens is 158 g/mol. The maximum atomic E-state index is 5.40. The van der Waals surface area contributed by atoms with E-state index in [9.17, 15) is 0 Å². The molecule has 0 amide bonds. The normalized spacial score (nSPS) is 10.6. The van der Waals surface area contributed by atoms with Crippen LogP contribution in [-0.4, -0.2) is 0 Å². The van der Waals surface area contributed by atoms with E-state index in [0.29, 0.717) is 0 Å². The fourth-order valence-electron chi connectivity index (χ4n) is 1.05. The largest absolute Gasteiger partial charge is 0.404 e. The van der Waals surface area contributed by atoms with Crippen molar-refractivity contribution >= 4 is 12.8 Å². The van der Waals surface area contributed by atoms with E-state index < -0.39 is 0 Å². The second-order valence-corrected chi connectivity index (χ2v) is 2.80. The number of rotatable bonds is 0. The number of nitrogens with two attached hydrogens (primary N) is 1. The van der Waals surface area contributed by atoms with E-state index in [1.54, 1.807) is 6.20 Å². The summed E-state index contributed by atoms with van der Waals surface area (Å²) in [5, 5.41) is 2.02. The van der Waals surface area contributed by atoms with Gasteiger partial charge in [0, 0.05) is 6.20 Å². The van der Waals surface area contributed by atoms with Crippen LogP contribution >= 0.6 is 0 Å². The van der Waals surface area contributed by atoms with E-state index >= 15 is 0 Å². The molecule has 0 fully saturated rings. The summed E-state index contributed by atoms with van der Waals surface area (Å²) in [6.07, 6.45) is 1.59. The molecule has 0 aliphatic rings. The molecule has 72 valence electrons. The van der Waals surface area contributed by atoms with Crippen molar-refractivity contribution < 1.29 is 0 Å². The SMILES string of the molecule is C=c1cc(C)c(C)c/c1=C/N.CC. The van der Waals surface area contributed by atoms with E-state index in [4.69, 9.17) is 5.73 Å². The smallest absolute Gasteiger partial charge is 0.00174 e. The first-order chi connectivity index (χ1) is 6.15. The topological polar surface area (TPSA) is 26.0 Å². The Labute approximate surface area is 80.6 Å². The molecule has 0 unspecified atom stereocenters. The average Bonchev–Trinajstić information content (AvgIpc) is 2.15. The first-order valence-electron chi connectivity index (χ1n) is 4.63. The zero-order valence-corrected chi connectivity index (χ0v) is 9.02. The van der Waals surface area contributed by atoms with Gasteiger partial charge in [-0.1, -0.05) is 26.5 Å². The highest BCUT2D eigenvalue weighted by Gasteiger charge is 1.90. The standard InChI is InChI=1S/C10H13N.C2H6/c1-7-4-9(3)10(6-11)5-8(7)2;1-2/h4-6H,3,11H2,1-2H3;1-2H3/b10-6-;. The van der Waals surface area contributed by atoms with Crippen LogP contribution < -0.4 is 16.2 Å². The summed E-state index contributed by atoms with van der Waals surface area (Å²) in [5.74, 6) is 0. The maximum absolute atomic E-state index is 5.40. The molecule has 0 aliphatic heterocycles. The summed E-state index contributed by atoms with van der Waals surface area (Å²) in [6.45, 7) is 12.0. The lowest BCUT2D eigenvalue weighted by Gasteiger charge is -1.97. The van der Waals surface area contributed by atoms with Crippen molar-refractivity contribution in [2.45, 2.75) is 27.7 Å².